The van der Waals surface area contributed by atoms with Gasteiger partial charge in [-0.3, -0.25) is 14.4 Å². The van der Waals surface area contributed by atoms with Crippen molar-refractivity contribution in [2.75, 3.05) is 25.0 Å². The van der Waals surface area contributed by atoms with Gasteiger partial charge in [0.1, 0.15) is 5.78 Å². The molecule has 3 aromatic carbocycles. The Bertz CT molecular complexity index is 1710. The summed E-state index contributed by atoms with van der Waals surface area (Å²) in [6.45, 7) is 4.55. The van der Waals surface area contributed by atoms with Gasteiger partial charge in [0.05, 0.1) is 0 Å². The highest BCUT2D eigenvalue weighted by molar-refractivity contribution is 5.96. The van der Waals surface area contributed by atoms with Crippen molar-refractivity contribution >= 4 is 23.3 Å². The van der Waals surface area contributed by atoms with Crippen LogP contribution in [0.1, 0.15) is 66.4 Å². The third kappa shape index (κ3) is 8.84. The lowest BCUT2D eigenvalue weighted by atomic mass is 9.77. The zero-order valence-electron chi connectivity index (χ0n) is 28.1. The number of anilines is 1. The minimum atomic E-state index is -0.548. The molecular formula is C38H46N8O3. The molecule has 6 rings (SSSR count). The monoisotopic (exact) mass is 662 g/mol. The first-order chi connectivity index (χ1) is 23.9. The molecule has 1 saturated carbocycles. The number of nitrogens with zero attached hydrogens (tertiary/aromatic N) is 3. The van der Waals surface area contributed by atoms with E-state index in [1.807, 2.05) is 42.5 Å². The molecule has 2 amide bonds. The average molecular weight is 663 g/mol. The summed E-state index contributed by atoms with van der Waals surface area (Å²) in [5, 5.41) is 23.6. The Balaban J connectivity index is 1.17. The summed E-state index contributed by atoms with van der Waals surface area (Å²) in [5.41, 5.74) is 12.0. The molecule has 11 nitrogen and oxygen atoms in total. The molecule has 1 aromatic heterocycles. The van der Waals surface area contributed by atoms with E-state index >= 15 is 0 Å². The maximum atomic E-state index is 13.9. The Morgan fingerprint density at radius 1 is 0.898 bits per heavy atom. The van der Waals surface area contributed by atoms with Gasteiger partial charge in [-0.1, -0.05) is 30.3 Å². The highest BCUT2D eigenvalue weighted by atomic mass is 16.2. The van der Waals surface area contributed by atoms with Gasteiger partial charge in [-0.25, -0.2) is 0 Å². The van der Waals surface area contributed by atoms with E-state index in [-0.39, 0.29) is 36.0 Å². The summed E-state index contributed by atoms with van der Waals surface area (Å²) >= 11 is 0. The fourth-order valence-corrected chi connectivity index (χ4v) is 7.05. The Morgan fingerprint density at radius 3 is 2.29 bits per heavy atom. The first-order valence-electron chi connectivity index (χ1n) is 17.5. The number of hydrogen-bond acceptors (Lipinski definition) is 8. The third-order valence-corrected chi connectivity index (χ3v) is 10.1. The van der Waals surface area contributed by atoms with Crippen LogP contribution in [0.5, 0.6) is 0 Å². The largest absolute Gasteiger partial charge is 0.349 e. The normalized spacial score (nSPS) is 18.8. The maximum Gasteiger partial charge on any atom is 0.251 e. The zero-order chi connectivity index (χ0) is 34.2. The number of nitrogens with one attached hydrogen (secondary N) is 4. The van der Waals surface area contributed by atoms with E-state index in [4.69, 9.17) is 5.73 Å². The van der Waals surface area contributed by atoms with Gasteiger partial charge in [0.2, 0.25) is 11.7 Å². The SMILES string of the molecule is Cc1ccc(C[C@H](CC(=O)C2CCC(CN)CC2)C(=O)Nc2ccc(-c3nn[nH]n3)cc2)cc1-c1ccc(C(=O)NC2CCNCC2)cc1. The lowest BCUT2D eigenvalue weighted by Gasteiger charge is -2.28. The Hall–Kier alpha value is -4.74. The number of rotatable bonds is 12. The minimum Gasteiger partial charge on any atom is -0.349 e. The van der Waals surface area contributed by atoms with Crippen LogP contribution >= 0.6 is 0 Å². The number of H-pyrrole nitrogens is 1. The van der Waals surface area contributed by atoms with Crippen LogP contribution in [0.3, 0.4) is 0 Å². The van der Waals surface area contributed by atoms with E-state index in [1.165, 1.54) is 0 Å². The number of piperidine rings is 1. The standard InChI is InChI=1S/C38H46N8O3/c1-24-2-3-26(21-34(24)27-8-10-30(11-9-27)37(48)42-33-16-18-40-19-17-33)20-31(22-35(47)28-6-4-25(23-39)5-7-28)38(49)41-32-14-12-29(13-15-32)36-43-45-46-44-36/h2-3,8-15,21,25,28,31,33,40H,4-7,16-20,22-23,39H2,1H3,(H,41,49)(H,42,48)(H,43,44,45,46)/t25?,28?,31-/m1/s1. The van der Waals surface area contributed by atoms with Gasteiger partial charge in [-0.2, -0.15) is 5.21 Å². The molecule has 2 aliphatic rings. The van der Waals surface area contributed by atoms with Crippen LogP contribution in [0.25, 0.3) is 22.5 Å². The van der Waals surface area contributed by atoms with Crippen molar-refractivity contribution in [2.45, 2.75) is 64.3 Å². The van der Waals surface area contributed by atoms with Crippen LogP contribution in [0.4, 0.5) is 5.69 Å². The smallest absolute Gasteiger partial charge is 0.251 e. The zero-order valence-corrected chi connectivity index (χ0v) is 28.1. The fourth-order valence-electron chi connectivity index (χ4n) is 7.05. The fraction of sp³-hybridized carbons (Fsp3) is 0.421. The number of aryl methyl sites for hydroxylation is 1. The van der Waals surface area contributed by atoms with E-state index in [0.717, 1.165) is 79.4 Å². The lowest BCUT2D eigenvalue weighted by molar-refractivity contribution is -0.129. The van der Waals surface area contributed by atoms with Gasteiger partial charge in [0, 0.05) is 41.1 Å². The molecule has 256 valence electrons. The first kappa shape index (κ1) is 34.1. The number of aromatic amines is 1. The highest BCUT2D eigenvalue weighted by Gasteiger charge is 2.30. The van der Waals surface area contributed by atoms with Crippen molar-refractivity contribution in [3.63, 3.8) is 0 Å². The number of ketones is 1. The second kappa shape index (κ2) is 16.1. The molecule has 11 heteroatoms. The summed E-state index contributed by atoms with van der Waals surface area (Å²) in [6.07, 6.45) is 6.02. The Kier molecular flexibility index (Phi) is 11.2. The Labute approximate surface area is 287 Å². The van der Waals surface area contributed by atoms with E-state index < -0.39 is 5.92 Å². The van der Waals surface area contributed by atoms with Gasteiger partial charge >= 0.3 is 0 Å². The van der Waals surface area contributed by atoms with Gasteiger partial charge in [0.25, 0.3) is 5.91 Å². The van der Waals surface area contributed by atoms with E-state index in [1.54, 1.807) is 12.1 Å². The molecule has 0 unspecified atom stereocenters. The highest BCUT2D eigenvalue weighted by Crippen LogP contribution is 2.32. The first-order valence-corrected chi connectivity index (χ1v) is 17.5. The predicted molar refractivity (Wildman–Crippen MR) is 190 cm³/mol. The van der Waals surface area contributed by atoms with Crippen LogP contribution < -0.4 is 21.7 Å². The third-order valence-electron chi connectivity index (χ3n) is 10.1. The van der Waals surface area contributed by atoms with Crippen LogP contribution in [0.2, 0.25) is 0 Å². The molecule has 4 aromatic rings. The van der Waals surface area contributed by atoms with Gasteiger partial charge < -0.3 is 21.7 Å². The van der Waals surface area contributed by atoms with E-state index in [0.29, 0.717) is 36.0 Å². The molecule has 2 heterocycles. The van der Waals surface area contributed by atoms with Gasteiger partial charge in [-0.15, -0.1) is 10.2 Å². The predicted octanol–water partition coefficient (Wildman–Crippen LogP) is 4.85. The van der Waals surface area contributed by atoms with Crippen molar-refractivity contribution in [1.29, 1.82) is 0 Å². The maximum absolute atomic E-state index is 13.9. The topological polar surface area (TPSA) is 168 Å². The van der Waals surface area contributed by atoms with Gasteiger partial charge in [0.15, 0.2) is 0 Å². The van der Waals surface area contributed by atoms with Crippen molar-refractivity contribution in [3.8, 4) is 22.5 Å². The van der Waals surface area contributed by atoms with Gasteiger partial charge in [-0.05, 0) is 141 Å². The molecule has 1 saturated heterocycles. The number of benzene rings is 3. The van der Waals surface area contributed by atoms with Crippen LogP contribution in [0, 0.1) is 24.7 Å². The number of carbonyl (C=O) groups is 3. The molecule has 1 aliphatic carbocycles. The minimum absolute atomic E-state index is 0.0357. The molecular weight excluding hydrogens is 616 g/mol. The number of tetrazole rings is 1. The van der Waals surface area contributed by atoms with E-state index in [2.05, 4.69) is 55.6 Å². The average Bonchev–Trinajstić information content (AvgIpc) is 3.68. The molecule has 49 heavy (non-hydrogen) atoms. The van der Waals surface area contributed by atoms with Crippen LogP contribution in [-0.4, -0.2) is 63.9 Å². The summed E-state index contributed by atoms with van der Waals surface area (Å²) in [5.74, 6) is 0.262. The van der Waals surface area contributed by atoms with Crippen molar-refractivity contribution in [2.24, 2.45) is 23.5 Å². The summed E-state index contributed by atoms with van der Waals surface area (Å²) < 4.78 is 0. The van der Waals surface area contributed by atoms with E-state index in [9.17, 15) is 14.4 Å². The summed E-state index contributed by atoms with van der Waals surface area (Å²) in [4.78, 5) is 40.4. The molecule has 6 N–H and O–H groups in total. The van der Waals surface area contributed by atoms with Crippen LogP contribution in [-0.2, 0) is 16.0 Å². The number of nitrogens with two attached hydrogens (primary N) is 1. The van der Waals surface area contributed by atoms with Crippen molar-refractivity contribution in [1.82, 2.24) is 31.3 Å². The quantitative estimate of drug-likeness (QED) is 0.144. The Morgan fingerprint density at radius 2 is 1.61 bits per heavy atom. The second-order valence-corrected chi connectivity index (χ2v) is 13.6. The van der Waals surface area contributed by atoms with Crippen LogP contribution in [0.15, 0.2) is 66.7 Å². The lowest BCUT2D eigenvalue weighted by Crippen LogP contribution is -2.42. The molecule has 1 atom stereocenters. The number of carbonyl (C=O) groups excluding carboxylic acids is 3. The molecule has 0 spiro atoms. The second-order valence-electron chi connectivity index (χ2n) is 13.6. The van der Waals surface area contributed by atoms with Crippen molar-refractivity contribution in [3.05, 3.63) is 83.4 Å². The number of Topliss-reactive ketones (excluding diaryl/α,β-unsaturated/α-hetero) is 1. The summed E-state index contributed by atoms with van der Waals surface area (Å²) in [6, 6.07) is 21.4. The molecule has 0 radical (unpaired) electrons. The van der Waals surface area contributed by atoms with Crippen molar-refractivity contribution < 1.29 is 14.4 Å². The molecule has 0 bridgehead atoms. The number of hydrogen-bond donors (Lipinski definition) is 5. The number of aromatic nitrogens is 4. The molecule has 1 aliphatic heterocycles. The number of amides is 2. The molecule has 2 fully saturated rings. The summed E-state index contributed by atoms with van der Waals surface area (Å²) in [7, 11) is 0.